The predicted molar refractivity (Wildman–Crippen MR) is 139 cm³/mol. The smallest absolute Gasteiger partial charge is 0.336 e. The molecule has 0 radical (unpaired) electrons. The summed E-state index contributed by atoms with van der Waals surface area (Å²) in [6.45, 7) is 20.1. The second kappa shape index (κ2) is 12.8. The first-order chi connectivity index (χ1) is 16.9. The van der Waals surface area contributed by atoms with Crippen LogP contribution in [0.25, 0.3) is 11.1 Å². The Balaban J connectivity index is 2.45. The fourth-order valence-electron chi connectivity index (χ4n) is 3.32. The maximum atomic E-state index is 12.0. The van der Waals surface area contributed by atoms with E-state index in [1.165, 1.54) is 0 Å². The van der Waals surface area contributed by atoms with Crippen molar-refractivity contribution in [3.05, 3.63) is 66.3 Å². The Hall–Kier alpha value is -3.74. The van der Waals surface area contributed by atoms with E-state index in [0.717, 1.165) is 16.7 Å². The van der Waals surface area contributed by atoms with Crippen molar-refractivity contribution in [3.8, 4) is 28.4 Å². The van der Waals surface area contributed by atoms with Crippen molar-refractivity contribution in [1.82, 2.24) is 0 Å². The average Bonchev–Trinajstić information content (AvgIpc) is 2.79. The lowest BCUT2D eigenvalue weighted by atomic mass is 9.94. The SMILES string of the molecule is C=C(C)C(=O)OC(C)Oc1ccc(-c2c(OCC)ccc(C(C)C)c2OC(C)OC(=O)C(=C)C)cc1. The van der Waals surface area contributed by atoms with E-state index in [2.05, 4.69) is 27.0 Å². The van der Waals surface area contributed by atoms with Crippen LogP contribution in [0.3, 0.4) is 0 Å². The van der Waals surface area contributed by atoms with E-state index in [9.17, 15) is 9.59 Å². The number of carbonyl (C=O) groups excluding carboxylic acids is 2. The topological polar surface area (TPSA) is 80.3 Å². The molecule has 7 nitrogen and oxygen atoms in total. The van der Waals surface area contributed by atoms with Crippen molar-refractivity contribution in [2.24, 2.45) is 0 Å². The molecule has 2 aromatic rings. The summed E-state index contributed by atoms with van der Waals surface area (Å²) in [4.78, 5) is 23.8. The third kappa shape index (κ3) is 7.63. The van der Waals surface area contributed by atoms with Gasteiger partial charge in [0, 0.05) is 25.0 Å². The first kappa shape index (κ1) is 28.5. The van der Waals surface area contributed by atoms with Crippen molar-refractivity contribution in [1.29, 1.82) is 0 Å². The zero-order valence-electron chi connectivity index (χ0n) is 22.2. The quantitative estimate of drug-likeness (QED) is 0.187. The molecule has 0 N–H and O–H groups in total. The Bertz CT molecular complexity index is 1100. The molecule has 2 aromatic carbocycles. The molecule has 36 heavy (non-hydrogen) atoms. The van der Waals surface area contributed by atoms with Crippen LogP contribution in [0, 0.1) is 0 Å². The summed E-state index contributed by atoms with van der Waals surface area (Å²) in [7, 11) is 0. The highest BCUT2D eigenvalue weighted by Gasteiger charge is 2.23. The Kier molecular flexibility index (Phi) is 10.1. The number of hydrogen-bond donors (Lipinski definition) is 0. The van der Waals surface area contributed by atoms with Gasteiger partial charge in [-0.1, -0.05) is 45.2 Å². The van der Waals surface area contributed by atoms with Gasteiger partial charge in [-0.3, -0.25) is 0 Å². The minimum atomic E-state index is -0.853. The Morgan fingerprint density at radius 1 is 0.806 bits per heavy atom. The van der Waals surface area contributed by atoms with E-state index in [-0.39, 0.29) is 11.5 Å². The maximum Gasteiger partial charge on any atom is 0.336 e. The fourth-order valence-corrected chi connectivity index (χ4v) is 3.32. The Morgan fingerprint density at radius 2 is 1.33 bits per heavy atom. The number of ether oxygens (including phenoxy) is 5. The summed E-state index contributed by atoms with van der Waals surface area (Å²) in [6.07, 6.45) is -1.64. The third-order valence-electron chi connectivity index (χ3n) is 5.04. The van der Waals surface area contributed by atoms with Gasteiger partial charge in [0.05, 0.1) is 12.2 Å². The zero-order chi connectivity index (χ0) is 27.0. The first-order valence-electron chi connectivity index (χ1n) is 11.9. The molecule has 194 valence electrons. The summed E-state index contributed by atoms with van der Waals surface area (Å²) in [5.74, 6) is 0.798. The standard InChI is InChI=1S/C29H36O7/c1-10-32-25-16-15-24(17(2)3)27(34-21(9)36-29(31)19(6)7)26(25)22-11-13-23(14-12-22)33-20(8)35-28(30)18(4)5/h11-17,20-21H,4,6,10H2,1-3,5,7-9H3. The monoisotopic (exact) mass is 496 g/mol. The molecule has 0 amide bonds. The highest BCUT2D eigenvalue weighted by molar-refractivity contribution is 5.87. The van der Waals surface area contributed by atoms with E-state index in [1.807, 2.05) is 31.2 Å². The molecule has 0 saturated heterocycles. The maximum absolute atomic E-state index is 12.0. The van der Waals surface area contributed by atoms with E-state index >= 15 is 0 Å². The van der Waals surface area contributed by atoms with Crippen LogP contribution >= 0.6 is 0 Å². The van der Waals surface area contributed by atoms with E-state index in [0.29, 0.717) is 29.4 Å². The van der Waals surface area contributed by atoms with Gasteiger partial charge in [0.2, 0.25) is 12.6 Å². The summed E-state index contributed by atoms with van der Waals surface area (Å²) in [5, 5.41) is 0. The normalized spacial score (nSPS) is 12.3. The van der Waals surface area contributed by atoms with Gasteiger partial charge in [-0.15, -0.1) is 0 Å². The van der Waals surface area contributed by atoms with Gasteiger partial charge in [0.25, 0.3) is 0 Å². The van der Waals surface area contributed by atoms with Gasteiger partial charge in [0.1, 0.15) is 17.2 Å². The summed E-state index contributed by atoms with van der Waals surface area (Å²) in [6, 6.07) is 11.1. The third-order valence-corrected chi connectivity index (χ3v) is 5.04. The van der Waals surface area contributed by atoms with Crippen LogP contribution in [0.1, 0.15) is 59.9 Å². The van der Waals surface area contributed by atoms with Crippen LogP contribution in [0.5, 0.6) is 17.2 Å². The molecule has 0 heterocycles. The molecular formula is C29H36O7. The summed E-state index contributed by atoms with van der Waals surface area (Å²) >= 11 is 0. The van der Waals surface area contributed by atoms with Gasteiger partial charge in [0.15, 0.2) is 0 Å². The lowest BCUT2D eigenvalue weighted by molar-refractivity contribution is -0.157. The van der Waals surface area contributed by atoms with Gasteiger partial charge in [-0.05, 0) is 56.0 Å². The molecule has 0 fully saturated rings. The summed E-state index contributed by atoms with van der Waals surface area (Å²) in [5.41, 5.74) is 3.07. The largest absolute Gasteiger partial charge is 0.493 e. The summed E-state index contributed by atoms with van der Waals surface area (Å²) < 4.78 is 28.4. The molecule has 0 spiro atoms. The number of rotatable bonds is 12. The van der Waals surface area contributed by atoms with Gasteiger partial charge in [-0.25, -0.2) is 9.59 Å². The van der Waals surface area contributed by atoms with Crippen LogP contribution in [0.2, 0.25) is 0 Å². The predicted octanol–water partition coefficient (Wildman–Crippen LogP) is 6.56. The van der Waals surface area contributed by atoms with Crippen molar-refractivity contribution < 1.29 is 33.3 Å². The minimum Gasteiger partial charge on any atom is -0.493 e. The molecule has 2 atom stereocenters. The van der Waals surface area contributed by atoms with Crippen LogP contribution in [-0.2, 0) is 19.1 Å². The Morgan fingerprint density at radius 3 is 1.81 bits per heavy atom. The first-order valence-corrected chi connectivity index (χ1v) is 11.9. The lowest BCUT2D eigenvalue weighted by Crippen LogP contribution is -2.22. The van der Waals surface area contributed by atoms with E-state index in [4.69, 9.17) is 23.7 Å². The zero-order valence-corrected chi connectivity index (χ0v) is 22.2. The van der Waals surface area contributed by atoms with Crippen molar-refractivity contribution in [3.63, 3.8) is 0 Å². The van der Waals surface area contributed by atoms with Gasteiger partial charge < -0.3 is 23.7 Å². The van der Waals surface area contributed by atoms with E-state index in [1.54, 1.807) is 39.8 Å². The number of carbonyl (C=O) groups is 2. The molecule has 0 aliphatic rings. The molecule has 7 heteroatoms. The molecule has 0 aliphatic heterocycles. The highest BCUT2D eigenvalue weighted by Crippen LogP contribution is 2.44. The number of hydrogen-bond acceptors (Lipinski definition) is 7. The Labute approximate surface area is 213 Å². The molecule has 0 bridgehead atoms. The van der Waals surface area contributed by atoms with Crippen LogP contribution in [0.4, 0.5) is 0 Å². The molecule has 0 aliphatic carbocycles. The van der Waals surface area contributed by atoms with Crippen molar-refractivity contribution in [2.45, 2.75) is 67.0 Å². The number of benzene rings is 2. The lowest BCUT2D eigenvalue weighted by Gasteiger charge is -2.24. The molecule has 2 unspecified atom stereocenters. The molecule has 2 rings (SSSR count). The van der Waals surface area contributed by atoms with Crippen molar-refractivity contribution >= 4 is 11.9 Å². The van der Waals surface area contributed by atoms with Crippen molar-refractivity contribution in [2.75, 3.05) is 6.61 Å². The van der Waals surface area contributed by atoms with E-state index < -0.39 is 24.5 Å². The minimum absolute atomic E-state index is 0.130. The van der Waals surface area contributed by atoms with Crippen LogP contribution in [-0.4, -0.2) is 31.1 Å². The fraction of sp³-hybridized carbons (Fsp3) is 0.379. The van der Waals surface area contributed by atoms with Gasteiger partial charge >= 0.3 is 11.9 Å². The molecule has 0 saturated carbocycles. The van der Waals surface area contributed by atoms with Crippen LogP contribution < -0.4 is 14.2 Å². The average molecular weight is 497 g/mol. The highest BCUT2D eigenvalue weighted by atomic mass is 16.7. The van der Waals surface area contributed by atoms with Gasteiger partial charge in [-0.2, -0.15) is 0 Å². The van der Waals surface area contributed by atoms with Crippen LogP contribution in [0.15, 0.2) is 60.7 Å². The molecule has 0 aromatic heterocycles. The second-order valence-corrected chi connectivity index (χ2v) is 8.71. The second-order valence-electron chi connectivity index (χ2n) is 8.71. The number of esters is 2. The molecular weight excluding hydrogens is 460 g/mol.